The fourth-order valence-electron chi connectivity index (χ4n) is 1.81. The maximum atomic E-state index is 5.51. The van der Waals surface area contributed by atoms with Gasteiger partial charge in [-0.1, -0.05) is 0 Å². The molecule has 0 unspecified atom stereocenters. The number of morpholine rings is 1. The van der Waals surface area contributed by atoms with Crippen LogP contribution in [0.15, 0.2) is 0 Å². The summed E-state index contributed by atoms with van der Waals surface area (Å²) < 4.78 is 5.51. The second-order valence-electron chi connectivity index (χ2n) is 3.66. The van der Waals surface area contributed by atoms with Crippen molar-refractivity contribution in [2.24, 2.45) is 0 Å². The van der Waals surface area contributed by atoms with Crippen LogP contribution in [0.25, 0.3) is 0 Å². The van der Waals surface area contributed by atoms with Gasteiger partial charge in [0, 0.05) is 25.6 Å². The number of hydrogen-bond acceptors (Lipinski definition) is 2. The van der Waals surface area contributed by atoms with E-state index < -0.39 is 0 Å². The highest BCUT2D eigenvalue weighted by Crippen LogP contribution is 2.28. The second-order valence-corrected chi connectivity index (χ2v) is 3.66. The van der Waals surface area contributed by atoms with E-state index in [9.17, 15) is 0 Å². The van der Waals surface area contributed by atoms with Gasteiger partial charge in [-0.2, -0.15) is 0 Å². The molecular weight excluding hydrogens is 126 g/mol. The summed E-state index contributed by atoms with van der Waals surface area (Å²) in [5, 5.41) is 0. The molecule has 0 amide bonds. The summed E-state index contributed by atoms with van der Waals surface area (Å²) in [7, 11) is 0. The van der Waals surface area contributed by atoms with Gasteiger partial charge in [0.2, 0.25) is 0 Å². The van der Waals surface area contributed by atoms with Gasteiger partial charge >= 0.3 is 0 Å². The molecule has 58 valence electrons. The molecule has 3 fully saturated rings. The SMILES string of the molecule is CC(C)N1C[C@H]2C[C@@H](C1)O2. The molecule has 2 bridgehead atoms. The van der Waals surface area contributed by atoms with E-state index in [4.69, 9.17) is 4.74 Å². The highest BCUT2D eigenvalue weighted by molar-refractivity contribution is 4.89. The molecule has 0 aliphatic carbocycles. The molecular formula is C8H15NO. The van der Waals surface area contributed by atoms with E-state index in [0.29, 0.717) is 18.2 Å². The smallest absolute Gasteiger partial charge is 0.0731 e. The third-order valence-corrected chi connectivity index (χ3v) is 2.52. The summed E-state index contributed by atoms with van der Waals surface area (Å²) in [6, 6.07) is 0.703. The Hall–Kier alpha value is -0.0800. The zero-order valence-corrected chi connectivity index (χ0v) is 6.71. The Balaban J connectivity index is 1.91. The van der Waals surface area contributed by atoms with E-state index in [2.05, 4.69) is 18.7 Å². The Bertz CT molecular complexity index is 119. The number of piperidine rings is 1. The lowest BCUT2D eigenvalue weighted by Gasteiger charge is -2.48. The van der Waals surface area contributed by atoms with Crippen molar-refractivity contribution >= 4 is 0 Å². The largest absolute Gasteiger partial charge is 0.372 e. The minimum Gasteiger partial charge on any atom is -0.372 e. The zero-order chi connectivity index (χ0) is 7.14. The molecule has 2 atom stereocenters. The Labute approximate surface area is 62.2 Å². The van der Waals surface area contributed by atoms with E-state index in [1.54, 1.807) is 0 Å². The quantitative estimate of drug-likeness (QED) is 0.537. The van der Waals surface area contributed by atoms with Gasteiger partial charge in [-0.25, -0.2) is 0 Å². The number of fused-ring (bicyclic) bond motifs is 2. The highest BCUT2D eigenvalue weighted by atomic mass is 16.5. The first-order chi connectivity index (χ1) is 4.75. The summed E-state index contributed by atoms with van der Waals surface area (Å²) in [4.78, 5) is 2.50. The molecule has 10 heavy (non-hydrogen) atoms. The van der Waals surface area contributed by atoms with Crippen LogP contribution >= 0.6 is 0 Å². The van der Waals surface area contributed by atoms with Crippen LogP contribution in [0.1, 0.15) is 20.3 Å². The molecule has 0 saturated carbocycles. The van der Waals surface area contributed by atoms with Crippen LogP contribution in [0.5, 0.6) is 0 Å². The summed E-state index contributed by atoms with van der Waals surface area (Å²) in [5.41, 5.74) is 0. The molecule has 0 aromatic carbocycles. The van der Waals surface area contributed by atoms with Gasteiger partial charge in [0.25, 0.3) is 0 Å². The third-order valence-electron chi connectivity index (χ3n) is 2.52. The average molecular weight is 141 g/mol. The Kier molecular flexibility index (Phi) is 1.46. The zero-order valence-electron chi connectivity index (χ0n) is 6.71. The van der Waals surface area contributed by atoms with Gasteiger partial charge in [0.05, 0.1) is 12.2 Å². The number of ether oxygens (including phenoxy) is 1. The molecule has 2 nitrogen and oxygen atoms in total. The van der Waals surface area contributed by atoms with E-state index in [1.807, 2.05) is 0 Å². The van der Waals surface area contributed by atoms with E-state index in [0.717, 1.165) is 13.1 Å². The van der Waals surface area contributed by atoms with Crippen molar-refractivity contribution in [1.29, 1.82) is 0 Å². The number of hydrogen-bond donors (Lipinski definition) is 0. The molecule has 2 heteroatoms. The molecule has 0 N–H and O–H groups in total. The summed E-state index contributed by atoms with van der Waals surface area (Å²) in [6.45, 7) is 6.83. The van der Waals surface area contributed by atoms with E-state index in [1.165, 1.54) is 6.42 Å². The average Bonchev–Trinajstić information content (AvgIpc) is 1.86. The second kappa shape index (κ2) is 2.21. The fraction of sp³-hybridized carbons (Fsp3) is 1.00. The Morgan fingerprint density at radius 1 is 1.30 bits per heavy atom. The molecule has 3 saturated heterocycles. The van der Waals surface area contributed by atoms with Crippen LogP contribution < -0.4 is 0 Å². The van der Waals surface area contributed by atoms with Crippen molar-refractivity contribution in [3.63, 3.8) is 0 Å². The van der Waals surface area contributed by atoms with Crippen molar-refractivity contribution in [3.8, 4) is 0 Å². The Morgan fingerprint density at radius 3 is 2.10 bits per heavy atom. The van der Waals surface area contributed by atoms with Gasteiger partial charge in [0.1, 0.15) is 0 Å². The molecule has 3 aliphatic rings. The van der Waals surface area contributed by atoms with Crippen molar-refractivity contribution in [1.82, 2.24) is 4.90 Å². The van der Waals surface area contributed by atoms with Gasteiger partial charge in [-0.05, 0) is 13.8 Å². The van der Waals surface area contributed by atoms with Crippen LogP contribution in [0, 0.1) is 0 Å². The molecule has 0 aromatic heterocycles. The van der Waals surface area contributed by atoms with Gasteiger partial charge in [-0.15, -0.1) is 0 Å². The van der Waals surface area contributed by atoms with Crippen molar-refractivity contribution in [2.75, 3.05) is 13.1 Å². The summed E-state index contributed by atoms with van der Waals surface area (Å²) >= 11 is 0. The monoisotopic (exact) mass is 141 g/mol. The van der Waals surface area contributed by atoms with Crippen LogP contribution in [0.3, 0.4) is 0 Å². The summed E-state index contributed by atoms with van der Waals surface area (Å²) in [6.07, 6.45) is 2.45. The predicted molar refractivity (Wildman–Crippen MR) is 40.0 cm³/mol. The minimum atomic E-state index is 0.571. The first-order valence-corrected chi connectivity index (χ1v) is 4.15. The lowest BCUT2D eigenvalue weighted by atomic mass is 9.98. The van der Waals surface area contributed by atoms with Gasteiger partial charge < -0.3 is 4.74 Å². The topological polar surface area (TPSA) is 12.5 Å². The maximum Gasteiger partial charge on any atom is 0.0731 e. The van der Waals surface area contributed by atoms with E-state index in [-0.39, 0.29) is 0 Å². The number of nitrogens with zero attached hydrogens (tertiary/aromatic N) is 1. The summed E-state index contributed by atoms with van der Waals surface area (Å²) in [5.74, 6) is 0. The first kappa shape index (κ1) is 6.62. The van der Waals surface area contributed by atoms with Gasteiger partial charge in [0.15, 0.2) is 0 Å². The fourth-order valence-corrected chi connectivity index (χ4v) is 1.81. The predicted octanol–water partition coefficient (Wildman–Crippen LogP) is 0.868. The standard InChI is InChI=1S/C8H15NO/c1-6(2)9-4-7-3-8(5-9)10-7/h6-8H,3-5H2,1-2H3/t7-,8+. The lowest BCUT2D eigenvalue weighted by molar-refractivity contribution is -0.185. The van der Waals surface area contributed by atoms with Crippen LogP contribution in [0.4, 0.5) is 0 Å². The van der Waals surface area contributed by atoms with Crippen molar-refractivity contribution in [2.45, 2.75) is 38.5 Å². The molecule has 0 radical (unpaired) electrons. The normalized spacial score (nSPS) is 39.9. The third kappa shape index (κ3) is 0.956. The highest BCUT2D eigenvalue weighted by Gasteiger charge is 2.38. The van der Waals surface area contributed by atoms with Crippen molar-refractivity contribution in [3.05, 3.63) is 0 Å². The Morgan fingerprint density at radius 2 is 1.80 bits per heavy atom. The first-order valence-electron chi connectivity index (χ1n) is 4.15. The van der Waals surface area contributed by atoms with Crippen LogP contribution in [-0.2, 0) is 4.74 Å². The van der Waals surface area contributed by atoms with Gasteiger partial charge in [-0.3, -0.25) is 4.90 Å². The molecule has 0 aromatic rings. The molecule has 3 rings (SSSR count). The van der Waals surface area contributed by atoms with E-state index >= 15 is 0 Å². The van der Waals surface area contributed by atoms with Crippen molar-refractivity contribution < 1.29 is 4.74 Å². The van der Waals surface area contributed by atoms with Crippen LogP contribution in [0.2, 0.25) is 0 Å². The van der Waals surface area contributed by atoms with Crippen LogP contribution in [-0.4, -0.2) is 36.2 Å². The molecule has 3 aliphatic heterocycles. The maximum absolute atomic E-state index is 5.51. The minimum absolute atomic E-state index is 0.571. The lowest BCUT2D eigenvalue weighted by Crippen LogP contribution is -2.58. The number of rotatable bonds is 1. The molecule has 0 spiro atoms. The molecule has 3 heterocycles.